The van der Waals surface area contributed by atoms with Crippen molar-refractivity contribution in [2.45, 2.75) is 13.8 Å². The number of carbonyl (C=O) groups excluding carboxylic acids is 1. The van der Waals surface area contributed by atoms with Gasteiger partial charge in [-0.2, -0.15) is 4.98 Å². The van der Waals surface area contributed by atoms with Crippen LogP contribution in [0.15, 0.2) is 54.6 Å². The Morgan fingerprint density at radius 1 is 1.07 bits per heavy atom. The number of para-hydroxylation sites is 2. The van der Waals surface area contributed by atoms with Gasteiger partial charge in [0, 0.05) is 22.3 Å². The van der Waals surface area contributed by atoms with E-state index >= 15 is 0 Å². The zero-order valence-corrected chi connectivity index (χ0v) is 16.4. The fraction of sp³-hybridized carbons (Fsp3) is 0.190. The van der Waals surface area contributed by atoms with Crippen molar-refractivity contribution in [2.24, 2.45) is 0 Å². The molecule has 0 aliphatic heterocycles. The molecule has 0 bridgehead atoms. The first-order valence-corrected chi connectivity index (χ1v) is 9.19. The van der Waals surface area contributed by atoms with Gasteiger partial charge in [-0.15, -0.1) is 0 Å². The van der Waals surface area contributed by atoms with Crippen LogP contribution in [0.25, 0.3) is 11.4 Å². The maximum atomic E-state index is 12.3. The summed E-state index contributed by atoms with van der Waals surface area (Å²) in [5.41, 5.74) is 2.14. The number of halogens is 1. The lowest BCUT2D eigenvalue weighted by atomic mass is 10.2. The molecule has 1 N–H and O–H groups in total. The summed E-state index contributed by atoms with van der Waals surface area (Å²) >= 11 is 5.92. The van der Waals surface area contributed by atoms with E-state index in [1.807, 2.05) is 38.1 Å². The van der Waals surface area contributed by atoms with E-state index in [1.165, 1.54) is 0 Å². The first-order valence-electron chi connectivity index (χ1n) is 8.81. The predicted octanol–water partition coefficient (Wildman–Crippen LogP) is 4.52. The summed E-state index contributed by atoms with van der Waals surface area (Å²) in [5, 5.41) is 3.42. The van der Waals surface area contributed by atoms with Crippen molar-refractivity contribution in [3.8, 4) is 23.0 Å². The molecule has 0 atom stereocenters. The Labute approximate surface area is 168 Å². The van der Waals surface area contributed by atoms with Crippen LogP contribution in [0.4, 0.5) is 5.69 Å². The lowest BCUT2D eigenvalue weighted by Gasteiger charge is -2.12. The zero-order chi connectivity index (χ0) is 19.9. The first-order chi connectivity index (χ1) is 13.5. The lowest BCUT2D eigenvalue weighted by Crippen LogP contribution is -2.21. The number of nitrogens with zero attached hydrogens (tertiary/aromatic N) is 2. The molecular weight excluding hydrogens is 378 g/mol. The molecule has 7 heteroatoms. The third kappa shape index (κ3) is 5.20. The molecule has 0 aliphatic carbocycles. The van der Waals surface area contributed by atoms with Gasteiger partial charge in [0.25, 0.3) is 5.91 Å². The summed E-state index contributed by atoms with van der Waals surface area (Å²) in [5.74, 6) is 1.14. The molecule has 0 saturated heterocycles. The highest BCUT2D eigenvalue weighted by atomic mass is 35.5. The Hall–Kier alpha value is -3.12. The minimum Gasteiger partial charge on any atom is -0.492 e. The Kier molecular flexibility index (Phi) is 6.45. The van der Waals surface area contributed by atoms with Crippen LogP contribution in [-0.4, -0.2) is 29.1 Å². The van der Waals surface area contributed by atoms with Crippen LogP contribution in [-0.2, 0) is 4.79 Å². The molecule has 0 aliphatic rings. The van der Waals surface area contributed by atoms with E-state index in [4.69, 9.17) is 21.1 Å². The second-order valence-electron chi connectivity index (χ2n) is 5.94. The van der Waals surface area contributed by atoms with Gasteiger partial charge < -0.3 is 14.8 Å². The van der Waals surface area contributed by atoms with Crippen LogP contribution in [0.2, 0.25) is 5.02 Å². The van der Waals surface area contributed by atoms with E-state index in [2.05, 4.69) is 15.3 Å². The Balaban J connectivity index is 1.67. The largest absolute Gasteiger partial charge is 0.492 e. The SMILES string of the molecule is CCOc1ccccc1NC(=O)COc1cc(C)nc(-c2ccc(Cl)cc2)n1. The molecule has 0 spiro atoms. The maximum Gasteiger partial charge on any atom is 0.262 e. The number of anilines is 1. The summed E-state index contributed by atoms with van der Waals surface area (Å²) in [4.78, 5) is 21.1. The van der Waals surface area contributed by atoms with Gasteiger partial charge in [0.05, 0.1) is 12.3 Å². The molecule has 6 nitrogen and oxygen atoms in total. The summed E-state index contributed by atoms with van der Waals surface area (Å²) in [6.07, 6.45) is 0. The van der Waals surface area contributed by atoms with Gasteiger partial charge in [0.1, 0.15) is 5.75 Å². The number of hydrogen-bond acceptors (Lipinski definition) is 5. The summed E-state index contributed by atoms with van der Waals surface area (Å²) in [7, 11) is 0. The molecule has 1 heterocycles. The monoisotopic (exact) mass is 397 g/mol. The van der Waals surface area contributed by atoms with Crippen molar-refractivity contribution in [1.82, 2.24) is 9.97 Å². The fourth-order valence-corrected chi connectivity index (χ4v) is 2.64. The third-order valence-electron chi connectivity index (χ3n) is 3.75. The normalized spacial score (nSPS) is 10.4. The van der Waals surface area contributed by atoms with Crippen molar-refractivity contribution >= 4 is 23.2 Å². The molecule has 0 unspecified atom stereocenters. The Morgan fingerprint density at radius 3 is 2.57 bits per heavy atom. The summed E-state index contributed by atoms with van der Waals surface area (Å²) < 4.78 is 11.1. The van der Waals surface area contributed by atoms with Crippen LogP contribution in [0, 0.1) is 6.92 Å². The highest BCUT2D eigenvalue weighted by Crippen LogP contribution is 2.24. The molecule has 0 fully saturated rings. The van der Waals surface area contributed by atoms with Crippen LogP contribution in [0.3, 0.4) is 0 Å². The van der Waals surface area contributed by atoms with Crippen LogP contribution >= 0.6 is 11.6 Å². The van der Waals surface area contributed by atoms with Crippen LogP contribution < -0.4 is 14.8 Å². The highest BCUT2D eigenvalue weighted by Gasteiger charge is 2.10. The first kappa shape index (κ1) is 19.6. The summed E-state index contributed by atoms with van der Waals surface area (Å²) in [6, 6.07) is 16.1. The molecule has 0 saturated carbocycles. The van der Waals surface area contributed by atoms with E-state index < -0.39 is 0 Å². The number of aryl methyl sites for hydroxylation is 1. The minimum atomic E-state index is -0.309. The molecular formula is C21H20ClN3O3. The van der Waals surface area contributed by atoms with E-state index in [1.54, 1.807) is 30.3 Å². The van der Waals surface area contributed by atoms with Gasteiger partial charge >= 0.3 is 0 Å². The second-order valence-corrected chi connectivity index (χ2v) is 6.38. The van der Waals surface area contributed by atoms with Crippen molar-refractivity contribution in [3.05, 3.63) is 65.3 Å². The molecule has 144 valence electrons. The Bertz CT molecular complexity index is 961. The average molecular weight is 398 g/mol. The van der Waals surface area contributed by atoms with Crippen LogP contribution in [0.5, 0.6) is 11.6 Å². The standard InChI is InChI=1S/C21H20ClN3O3/c1-3-27-18-7-5-4-6-17(18)24-19(26)13-28-20-12-14(2)23-21(25-20)15-8-10-16(22)11-9-15/h4-12H,3,13H2,1-2H3,(H,24,26). The van der Waals surface area contributed by atoms with E-state index in [9.17, 15) is 4.79 Å². The maximum absolute atomic E-state index is 12.3. The number of carbonyl (C=O) groups is 1. The number of ether oxygens (including phenoxy) is 2. The van der Waals surface area contributed by atoms with Crippen LogP contribution in [0.1, 0.15) is 12.6 Å². The molecule has 1 aromatic heterocycles. The fourth-order valence-electron chi connectivity index (χ4n) is 2.52. The van der Waals surface area contributed by atoms with E-state index in [0.717, 1.165) is 11.3 Å². The number of hydrogen-bond donors (Lipinski definition) is 1. The van der Waals surface area contributed by atoms with Gasteiger partial charge in [-0.3, -0.25) is 4.79 Å². The smallest absolute Gasteiger partial charge is 0.262 e. The summed E-state index contributed by atoms with van der Waals surface area (Å²) in [6.45, 7) is 4.05. The number of nitrogens with one attached hydrogen (secondary N) is 1. The molecule has 0 radical (unpaired) electrons. The quantitative estimate of drug-likeness (QED) is 0.634. The Morgan fingerprint density at radius 2 is 1.82 bits per heavy atom. The predicted molar refractivity (Wildman–Crippen MR) is 109 cm³/mol. The van der Waals surface area contributed by atoms with E-state index in [0.29, 0.717) is 34.8 Å². The van der Waals surface area contributed by atoms with Crippen molar-refractivity contribution in [1.29, 1.82) is 0 Å². The molecule has 28 heavy (non-hydrogen) atoms. The molecule has 2 aromatic carbocycles. The zero-order valence-electron chi connectivity index (χ0n) is 15.6. The number of rotatable bonds is 7. The van der Waals surface area contributed by atoms with Gasteiger partial charge in [-0.05, 0) is 50.2 Å². The lowest BCUT2D eigenvalue weighted by molar-refractivity contribution is -0.118. The van der Waals surface area contributed by atoms with Crippen molar-refractivity contribution in [2.75, 3.05) is 18.5 Å². The van der Waals surface area contributed by atoms with Gasteiger partial charge in [-0.1, -0.05) is 23.7 Å². The molecule has 3 aromatic rings. The van der Waals surface area contributed by atoms with Crippen molar-refractivity contribution < 1.29 is 14.3 Å². The number of amides is 1. The van der Waals surface area contributed by atoms with Gasteiger partial charge in [0.2, 0.25) is 5.88 Å². The van der Waals surface area contributed by atoms with E-state index in [-0.39, 0.29) is 12.5 Å². The average Bonchev–Trinajstić information content (AvgIpc) is 2.68. The third-order valence-corrected chi connectivity index (χ3v) is 4.00. The minimum absolute atomic E-state index is 0.184. The van der Waals surface area contributed by atoms with Gasteiger partial charge in [-0.25, -0.2) is 4.98 Å². The second kappa shape index (κ2) is 9.19. The highest BCUT2D eigenvalue weighted by molar-refractivity contribution is 6.30. The number of aromatic nitrogens is 2. The molecule has 3 rings (SSSR count). The molecule has 1 amide bonds. The topological polar surface area (TPSA) is 73.3 Å². The van der Waals surface area contributed by atoms with Crippen molar-refractivity contribution in [3.63, 3.8) is 0 Å². The number of benzene rings is 2. The van der Waals surface area contributed by atoms with Gasteiger partial charge in [0.15, 0.2) is 12.4 Å².